The first kappa shape index (κ1) is 19.3. The van der Waals surface area contributed by atoms with Crippen LogP contribution in [0.4, 0.5) is 22.6 Å². The second-order valence-electron chi connectivity index (χ2n) is 5.26. The van der Waals surface area contributed by atoms with E-state index in [-0.39, 0.29) is 0 Å². The third kappa shape index (κ3) is 7.26. The molecule has 2 aromatic rings. The van der Waals surface area contributed by atoms with Crippen molar-refractivity contribution < 1.29 is 16.9 Å². The van der Waals surface area contributed by atoms with E-state index in [0.29, 0.717) is 5.37 Å². The molecule has 9 heteroatoms. The van der Waals surface area contributed by atoms with Gasteiger partial charge in [0.1, 0.15) is 0 Å². The summed E-state index contributed by atoms with van der Waals surface area (Å²) in [6.45, 7) is 3.26. The van der Waals surface area contributed by atoms with Crippen LogP contribution in [0.1, 0.15) is 12.5 Å². The summed E-state index contributed by atoms with van der Waals surface area (Å²) in [7, 11) is 0. The van der Waals surface area contributed by atoms with Crippen LogP contribution in [-0.2, 0) is 6.54 Å². The molecule has 1 atom stereocenters. The molecule has 0 saturated carbocycles. The van der Waals surface area contributed by atoms with E-state index in [1.54, 1.807) is 0 Å². The molecule has 0 aliphatic carbocycles. The van der Waals surface area contributed by atoms with Gasteiger partial charge in [-0.3, -0.25) is 0 Å². The topological polar surface area (TPSA) is 3.24 Å². The molecular formula is C15H15F6NSSb-. The second-order valence-corrected chi connectivity index (χ2v) is 12.1. The molecule has 3 rings (SSSR count). The van der Waals surface area contributed by atoms with Gasteiger partial charge < -0.3 is 4.90 Å². The SMILES string of the molecule is CC1Sc2ccccc2N1Cc1ccccc1.[F][Sb-]([F])([F])([F])([F])[F]. The van der Waals surface area contributed by atoms with Gasteiger partial charge in [-0.15, -0.1) is 0 Å². The number of thioether (sulfide) groups is 1. The van der Waals surface area contributed by atoms with Gasteiger partial charge in [0.15, 0.2) is 0 Å². The van der Waals surface area contributed by atoms with Crippen molar-refractivity contribution in [3.63, 3.8) is 0 Å². The Morgan fingerprint density at radius 3 is 1.96 bits per heavy atom. The van der Waals surface area contributed by atoms with Crippen LogP contribution in [0.2, 0.25) is 0 Å². The molecule has 0 fully saturated rings. The second kappa shape index (κ2) is 6.06. The third-order valence-electron chi connectivity index (χ3n) is 3.11. The number of hydrogen-bond donors (Lipinski definition) is 0. The van der Waals surface area contributed by atoms with Gasteiger partial charge in [-0.05, 0) is 24.6 Å². The van der Waals surface area contributed by atoms with Gasteiger partial charge in [0.25, 0.3) is 0 Å². The molecule has 1 unspecified atom stereocenters. The van der Waals surface area contributed by atoms with Crippen molar-refractivity contribution in [2.75, 3.05) is 4.90 Å². The van der Waals surface area contributed by atoms with Gasteiger partial charge >= 0.3 is 36.4 Å². The number of rotatable bonds is 2. The summed E-state index contributed by atoms with van der Waals surface area (Å²) in [5, 5.41) is 0.521. The van der Waals surface area contributed by atoms with Crippen LogP contribution in [0.15, 0.2) is 59.5 Å². The number of nitrogens with zero attached hydrogens (tertiary/aromatic N) is 1. The Balaban J connectivity index is 0.000000256. The quantitative estimate of drug-likeness (QED) is 0.370. The summed E-state index contributed by atoms with van der Waals surface area (Å²) in [6, 6.07) is 19.3. The van der Waals surface area contributed by atoms with Crippen LogP contribution < -0.4 is 4.90 Å². The monoisotopic (exact) mass is 476 g/mol. The summed E-state index contributed by atoms with van der Waals surface area (Å²) < 4.78 is 59.6. The summed E-state index contributed by atoms with van der Waals surface area (Å²) in [5.41, 5.74) is 2.74. The van der Waals surface area contributed by atoms with Crippen molar-refractivity contribution in [3.8, 4) is 0 Å². The van der Waals surface area contributed by atoms with E-state index in [1.807, 2.05) is 11.8 Å². The fourth-order valence-corrected chi connectivity index (χ4v) is 3.38. The van der Waals surface area contributed by atoms with Crippen molar-refractivity contribution in [1.29, 1.82) is 0 Å². The standard InChI is InChI=1S/C15H15NS.6FH.Sb/c1-12-16(11-13-7-3-2-4-8-13)14-9-5-6-10-15(14)17-12;;;;;;;/h2-10,12H,11H2,1H3;6*1H;/q;;;;;;;+5/p-6. The summed E-state index contributed by atoms with van der Waals surface area (Å²) in [6.07, 6.45) is 0. The Kier molecular flexibility index (Phi) is 4.87. The van der Waals surface area contributed by atoms with E-state index < -0.39 is 19.5 Å². The van der Waals surface area contributed by atoms with Gasteiger partial charge in [-0.2, -0.15) is 0 Å². The molecule has 1 aliphatic heterocycles. The number of benzene rings is 2. The molecule has 0 radical (unpaired) electrons. The zero-order chi connectivity index (χ0) is 18.1. The molecule has 0 bridgehead atoms. The first-order valence-corrected chi connectivity index (χ1v) is 13.6. The minimum atomic E-state index is -11.2. The molecule has 24 heavy (non-hydrogen) atoms. The van der Waals surface area contributed by atoms with Crippen LogP contribution in [0.5, 0.6) is 0 Å². The maximum absolute atomic E-state index is 11.2. The normalized spacial score (nSPS) is 19.6. The first-order valence-electron chi connectivity index (χ1n) is 6.92. The molecule has 0 N–H and O–H groups in total. The predicted molar refractivity (Wildman–Crippen MR) is 86.8 cm³/mol. The molecule has 0 aromatic heterocycles. The minimum absolute atomic E-state index is 0.521. The molecule has 1 aliphatic rings. The molecule has 2 aromatic carbocycles. The average Bonchev–Trinajstić information content (AvgIpc) is 2.73. The number of hydrogen-bond acceptors (Lipinski definition) is 2. The van der Waals surface area contributed by atoms with Gasteiger partial charge in [-0.1, -0.05) is 54.2 Å². The summed E-state index contributed by atoms with van der Waals surface area (Å²) in [4.78, 5) is 3.87. The number of halogens is 6. The first-order chi connectivity index (χ1) is 10.8. The van der Waals surface area contributed by atoms with Gasteiger partial charge in [0.05, 0.1) is 11.1 Å². The number of fused-ring (bicyclic) bond motifs is 1. The van der Waals surface area contributed by atoms with E-state index in [2.05, 4.69) is 66.4 Å². The van der Waals surface area contributed by atoms with Crippen molar-refractivity contribution in [2.24, 2.45) is 0 Å². The maximum atomic E-state index is 9.93. The molecule has 134 valence electrons. The third-order valence-corrected chi connectivity index (χ3v) is 4.30. The fourth-order valence-electron chi connectivity index (χ4n) is 2.23. The van der Waals surface area contributed by atoms with E-state index in [4.69, 9.17) is 0 Å². The molecule has 0 saturated heterocycles. The number of anilines is 1. The van der Waals surface area contributed by atoms with E-state index >= 15 is 0 Å². The fraction of sp³-hybridized carbons (Fsp3) is 0.200. The van der Waals surface area contributed by atoms with Crippen LogP contribution in [0, 0.1) is 0 Å². The van der Waals surface area contributed by atoms with Crippen molar-refractivity contribution in [1.82, 2.24) is 0 Å². The summed E-state index contributed by atoms with van der Waals surface area (Å²) >= 11 is -9.31. The van der Waals surface area contributed by atoms with Crippen molar-refractivity contribution in [2.45, 2.75) is 23.7 Å². The molecule has 1 nitrogen and oxygen atoms in total. The molecule has 1 heterocycles. The predicted octanol–water partition coefficient (Wildman–Crippen LogP) is 6.29. The van der Waals surface area contributed by atoms with E-state index in [0.717, 1.165) is 6.54 Å². The Morgan fingerprint density at radius 2 is 1.38 bits per heavy atom. The van der Waals surface area contributed by atoms with Crippen LogP contribution in [0.3, 0.4) is 0 Å². The van der Waals surface area contributed by atoms with E-state index in [1.165, 1.54) is 16.1 Å². The Morgan fingerprint density at radius 1 is 0.875 bits per heavy atom. The zero-order valence-corrected chi connectivity index (χ0v) is 15.9. The van der Waals surface area contributed by atoms with Crippen molar-refractivity contribution >= 4 is 36.9 Å². The van der Waals surface area contributed by atoms with Crippen LogP contribution in [0.25, 0.3) is 0 Å². The Hall–Kier alpha value is -1.01. The van der Waals surface area contributed by atoms with Gasteiger partial charge in [0.2, 0.25) is 0 Å². The molecule has 0 spiro atoms. The van der Waals surface area contributed by atoms with Gasteiger partial charge in [-0.25, -0.2) is 0 Å². The van der Waals surface area contributed by atoms with Crippen LogP contribution >= 0.6 is 11.8 Å². The average molecular weight is 477 g/mol. The van der Waals surface area contributed by atoms with E-state index in [9.17, 15) is 16.9 Å². The van der Waals surface area contributed by atoms with Gasteiger partial charge in [0, 0.05) is 11.4 Å². The van der Waals surface area contributed by atoms with Crippen molar-refractivity contribution in [3.05, 3.63) is 60.2 Å². The Labute approximate surface area is 142 Å². The summed E-state index contributed by atoms with van der Waals surface area (Å²) in [5.74, 6) is 0. The molecule has 0 amide bonds. The zero-order valence-electron chi connectivity index (χ0n) is 12.6. The Bertz CT molecular complexity index is 693. The van der Waals surface area contributed by atoms with Crippen LogP contribution in [-0.4, -0.2) is 24.8 Å². The molecular weight excluding hydrogens is 462 g/mol. The number of para-hydroxylation sites is 1.